The van der Waals surface area contributed by atoms with Crippen molar-refractivity contribution < 1.29 is 27.2 Å². The highest BCUT2D eigenvalue weighted by Gasteiger charge is 2.30. The average molecular weight is 404 g/mol. The van der Waals surface area contributed by atoms with Gasteiger partial charge in [-0.05, 0) is 18.2 Å². The molecule has 0 aliphatic heterocycles. The summed E-state index contributed by atoms with van der Waals surface area (Å²) in [6, 6.07) is 6.94. The summed E-state index contributed by atoms with van der Waals surface area (Å²) in [5, 5.41) is 12.8. The third-order valence-corrected chi connectivity index (χ3v) is 3.87. The third kappa shape index (κ3) is 4.16. The minimum Gasteiger partial charge on any atom is -0.465 e. The Morgan fingerprint density at radius 2 is 2.00 bits per heavy atom. The van der Waals surface area contributed by atoms with Crippen LogP contribution in [0.3, 0.4) is 0 Å². The second-order valence-electron chi connectivity index (χ2n) is 5.77. The Morgan fingerprint density at radius 3 is 2.59 bits per heavy atom. The highest BCUT2D eigenvalue weighted by atomic mass is 19.4. The first-order valence-corrected chi connectivity index (χ1v) is 7.96. The Kier molecular flexibility index (Phi) is 5.18. The van der Waals surface area contributed by atoms with E-state index >= 15 is 0 Å². The van der Waals surface area contributed by atoms with E-state index in [4.69, 9.17) is 9.78 Å². The number of nitriles is 1. The number of aromatic nitrogens is 3. The Morgan fingerprint density at radius 1 is 1.31 bits per heavy atom. The van der Waals surface area contributed by atoms with Gasteiger partial charge in [0.15, 0.2) is 0 Å². The molecule has 2 heterocycles. The number of pyridine rings is 1. The summed E-state index contributed by atoms with van der Waals surface area (Å²) < 4.78 is 48.6. The number of ether oxygens (including phenoxy) is 1. The van der Waals surface area contributed by atoms with E-state index in [0.29, 0.717) is 0 Å². The van der Waals surface area contributed by atoms with Crippen LogP contribution >= 0.6 is 0 Å². The van der Waals surface area contributed by atoms with Gasteiger partial charge in [-0.2, -0.15) is 23.4 Å². The number of halogens is 3. The van der Waals surface area contributed by atoms with E-state index in [9.17, 15) is 22.8 Å². The van der Waals surface area contributed by atoms with Crippen LogP contribution in [0.1, 0.15) is 27.4 Å². The molecule has 0 saturated carbocycles. The lowest BCUT2D eigenvalue weighted by molar-refractivity contribution is -0.137. The van der Waals surface area contributed by atoms with Crippen molar-refractivity contribution in [1.82, 2.24) is 14.7 Å². The van der Waals surface area contributed by atoms with Crippen molar-refractivity contribution in [3.63, 3.8) is 0 Å². The SMILES string of the molecule is COC(=O)c1cc(C#N)c(=O)n(Cc2nc(-c3ccc(C(F)(F)F)cc3)no2)c1. The number of alkyl halides is 3. The third-order valence-electron chi connectivity index (χ3n) is 3.87. The number of rotatable bonds is 4. The van der Waals surface area contributed by atoms with Gasteiger partial charge in [-0.25, -0.2) is 4.79 Å². The minimum atomic E-state index is -4.47. The van der Waals surface area contributed by atoms with E-state index in [1.54, 1.807) is 6.07 Å². The Bertz CT molecular complexity index is 1160. The van der Waals surface area contributed by atoms with E-state index < -0.39 is 23.3 Å². The van der Waals surface area contributed by atoms with Crippen LogP contribution in [0, 0.1) is 11.3 Å². The molecule has 0 amide bonds. The van der Waals surface area contributed by atoms with Gasteiger partial charge < -0.3 is 13.8 Å². The predicted octanol–water partition coefficient (Wildman–Crippen LogP) is 2.62. The smallest absolute Gasteiger partial charge is 0.416 e. The van der Waals surface area contributed by atoms with Crippen molar-refractivity contribution >= 4 is 5.97 Å². The standard InChI is InChI=1S/C18H11F3N4O4/c1-28-17(27)12-6-11(7-22)16(26)25(8-12)9-14-23-15(24-29-14)10-2-4-13(5-3-10)18(19,20)21/h2-6,8H,9H2,1H3. The minimum absolute atomic E-state index is 0.0198. The Hall–Kier alpha value is -3.94. The first kappa shape index (κ1) is 19.8. The van der Waals surface area contributed by atoms with E-state index in [1.807, 2.05) is 0 Å². The number of nitrogens with zero attached hydrogens (tertiary/aromatic N) is 4. The molecule has 0 radical (unpaired) electrons. The van der Waals surface area contributed by atoms with Crippen molar-refractivity contribution in [3.05, 3.63) is 69.5 Å². The molecule has 29 heavy (non-hydrogen) atoms. The Balaban J connectivity index is 1.90. The maximum absolute atomic E-state index is 12.6. The van der Waals surface area contributed by atoms with Crippen LogP contribution in [0.4, 0.5) is 13.2 Å². The van der Waals surface area contributed by atoms with Crippen LogP contribution < -0.4 is 5.56 Å². The maximum Gasteiger partial charge on any atom is 0.416 e. The molecule has 0 fully saturated rings. The van der Waals surface area contributed by atoms with Gasteiger partial charge in [0.05, 0.1) is 18.2 Å². The molecule has 0 saturated heterocycles. The number of esters is 1. The fourth-order valence-electron chi connectivity index (χ4n) is 2.45. The number of hydrogen-bond donors (Lipinski definition) is 0. The number of carbonyl (C=O) groups excluding carboxylic acids is 1. The van der Waals surface area contributed by atoms with Gasteiger partial charge in [-0.1, -0.05) is 17.3 Å². The van der Waals surface area contributed by atoms with Gasteiger partial charge in [0.1, 0.15) is 18.2 Å². The molecule has 0 N–H and O–H groups in total. The number of methoxy groups -OCH3 is 1. The molecule has 0 bridgehead atoms. The van der Waals surface area contributed by atoms with Crippen molar-refractivity contribution in [1.29, 1.82) is 5.26 Å². The van der Waals surface area contributed by atoms with Crippen LogP contribution in [-0.4, -0.2) is 27.8 Å². The Labute approximate surface area is 160 Å². The maximum atomic E-state index is 12.6. The lowest BCUT2D eigenvalue weighted by atomic mass is 10.1. The summed E-state index contributed by atoms with van der Waals surface area (Å²) in [4.78, 5) is 28.0. The zero-order valence-corrected chi connectivity index (χ0v) is 14.7. The molecule has 0 atom stereocenters. The fourth-order valence-corrected chi connectivity index (χ4v) is 2.45. The van der Waals surface area contributed by atoms with Crippen molar-refractivity contribution in [2.75, 3.05) is 7.11 Å². The van der Waals surface area contributed by atoms with Gasteiger partial charge >= 0.3 is 12.1 Å². The number of carbonyl (C=O) groups is 1. The zero-order chi connectivity index (χ0) is 21.2. The molecular weight excluding hydrogens is 393 g/mol. The number of hydrogen-bond acceptors (Lipinski definition) is 7. The molecule has 8 nitrogen and oxygen atoms in total. The molecule has 11 heteroatoms. The molecule has 0 aliphatic carbocycles. The largest absolute Gasteiger partial charge is 0.465 e. The van der Waals surface area contributed by atoms with Crippen molar-refractivity contribution in [2.24, 2.45) is 0 Å². The average Bonchev–Trinajstić information content (AvgIpc) is 3.17. The summed E-state index contributed by atoms with van der Waals surface area (Å²) in [5.74, 6) is -0.773. The van der Waals surface area contributed by atoms with Crippen LogP contribution in [0.2, 0.25) is 0 Å². The second kappa shape index (κ2) is 7.59. The quantitative estimate of drug-likeness (QED) is 0.615. The van der Waals surface area contributed by atoms with E-state index in [0.717, 1.165) is 29.9 Å². The lowest BCUT2D eigenvalue weighted by Gasteiger charge is -2.06. The first-order valence-electron chi connectivity index (χ1n) is 7.96. The molecular formula is C18H11F3N4O4. The molecule has 148 valence electrons. The first-order chi connectivity index (χ1) is 13.7. The predicted molar refractivity (Wildman–Crippen MR) is 90.6 cm³/mol. The zero-order valence-electron chi connectivity index (χ0n) is 14.7. The fraction of sp³-hybridized carbons (Fsp3) is 0.167. The van der Waals surface area contributed by atoms with Crippen LogP contribution in [-0.2, 0) is 17.5 Å². The molecule has 0 aliphatic rings. The second-order valence-corrected chi connectivity index (χ2v) is 5.77. The van der Waals surface area contributed by atoms with Gasteiger partial charge in [0.2, 0.25) is 11.7 Å². The summed E-state index contributed by atoms with van der Waals surface area (Å²) in [6.45, 7) is -0.258. The van der Waals surface area contributed by atoms with Crippen molar-refractivity contribution in [3.8, 4) is 17.5 Å². The molecule has 0 unspecified atom stereocenters. The van der Waals surface area contributed by atoms with Crippen LogP contribution in [0.15, 0.2) is 45.8 Å². The molecule has 3 aromatic rings. The normalized spacial score (nSPS) is 11.1. The topological polar surface area (TPSA) is 111 Å². The van der Waals surface area contributed by atoms with E-state index in [1.165, 1.54) is 18.3 Å². The summed E-state index contributed by atoms with van der Waals surface area (Å²) in [7, 11) is 1.15. The van der Waals surface area contributed by atoms with Crippen LogP contribution in [0.5, 0.6) is 0 Å². The van der Waals surface area contributed by atoms with Crippen LogP contribution in [0.25, 0.3) is 11.4 Å². The lowest BCUT2D eigenvalue weighted by Crippen LogP contribution is -2.24. The van der Waals surface area contributed by atoms with Gasteiger partial charge in [-0.15, -0.1) is 0 Å². The molecule has 2 aromatic heterocycles. The monoisotopic (exact) mass is 404 g/mol. The van der Waals surface area contributed by atoms with Crippen molar-refractivity contribution in [2.45, 2.75) is 12.7 Å². The van der Waals surface area contributed by atoms with Gasteiger partial charge in [0.25, 0.3) is 5.56 Å². The highest BCUT2D eigenvalue weighted by Crippen LogP contribution is 2.30. The highest BCUT2D eigenvalue weighted by molar-refractivity contribution is 5.89. The summed E-state index contributed by atoms with van der Waals surface area (Å²) in [6.07, 6.45) is -3.29. The van der Waals surface area contributed by atoms with E-state index in [-0.39, 0.29) is 35.0 Å². The summed E-state index contributed by atoms with van der Waals surface area (Å²) >= 11 is 0. The van der Waals surface area contributed by atoms with E-state index in [2.05, 4.69) is 14.9 Å². The number of benzene rings is 1. The molecule has 1 aromatic carbocycles. The molecule has 3 rings (SSSR count). The summed E-state index contributed by atoms with van der Waals surface area (Å²) in [5.41, 5.74) is -1.53. The molecule has 0 spiro atoms. The van der Waals surface area contributed by atoms with Gasteiger partial charge in [-0.3, -0.25) is 4.79 Å². The van der Waals surface area contributed by atoms with Gasteiger partial charge in [0, 0.05) is 11.8 Å².